The van der Waals surface area contributed by atoms with Gasteiger partial charge in [0.15, 0.2) is 14.6 Å². The maximum Gasteiger partial charge on any atom is 0.417 e. The van der Waals surface area contributed by atoms with Crippen molar-refractivity contribution in [3.05, 3.63) is 36.2 Å². The number of alkyl halides is 3. The Bertz CT molecular complexity index is 1220. The van der Waals surface area contributed by atoms with Crippen molar-refractivity contribution in [1.29, 1.82) is 5.26 Å². The summed E-state index contributed by atoms with van der Waals surface area (Å²) >= 11 is 0. The molecule has 32 heavy (non-hydrogen) atoms. The van der Waals surface area contributed by atoms with Gasteiger partial charge in [-0.25, -0.2) is 8.42 Å². The lowest BCUT2D eigenvalue weighted by Gasteiger charge is -2.30. The molecule has 7 nitrogen and oxygen atoms in total. The topological polar surface area (TPSA) is 105 Å². The van der Waals surface area contributed by atoms with E-state index < -0.39 is 42.7 Å². The maximum absolute atomic E-state index is 14.0. The Morgan fingerprint density at radius 1 is 1.19 bits per heavy atom. The normalized spacial score (nSPS) is 19.3. The average Bonchev–Trinajstić information content (AvgIpc) is 3.13. The fourth-order valence-electron chi connectivity index (χ4n) is 4.23. The smallest absolute Gasteiger partial charge is 0.336 e. The molecular weight excluding hydrogens is 445 g/mol. The highest BCUT2D eigenvalue weighted by atomic mass is 32.2. The number of halogens is 3. The molecule has 170 valence electrons. The highest BCUT2D eigenvalue weighted by Gasteiger charge is 2.58. The predicted octanol–water partition coefficient (Wildman–Crippen LogP) is 3.36. The summed E-state index contributed by atoms with van der Waals surface area (Å²) in [5.41, 5.74) is -1.88. The van der Waals surface area contributed by atoms with E-state index in [-0.39, 0.29) is 18.4 Å². The molecule has 4 rings (SSSR count). The van der Waals surface area contributed by atoms with Crippen LogP contribution in [0, 0.1) is 11.3 Å². The van der Waals surface area contributed by atoms with Crippen molar-refractivity contribution in [1.82, 2.24) is 15.1 Å². The number of hydrogen-bond acceptors (Lipinski definition) is 5. The Morgan fingerprint density at radius 2 is 1.84 bits per heavy atom. The van der Waals surface area contributed by atoms with E-state index in [1.54, 1.807) is 7.05 Å². The highest BCUT2D eigenvalue weighted by Crippen LogP contribution is 2.46. The van der Waals surface area contributed by atoms with Crippen LogP contribution >= 0.6 is 0 Å². The fourth-order valence-corrected chi connectivity index (χ4v) is 6.48. The molecule has 1 N–H and O–H groups in total. The molecule has 2 aromatic rings. The van der Waals surface area contributed by atoms with Crippen molar-refractivity contribution in [2.45, 2.75) is 59.9 Å². The summed E-state index contributed by atoms with van der Waals surface area (Å²) in [5.74, 6) is -0.890. The average molecular weight is 466 g/mol. The van der Waals surface area contributed by atoms with Gasteiger partial charge < -0.3 is 5.32 Å². The first-order chi connectivity index (χ1) is 14.9. The summed E-state index contributed by atoms with van der Waals surface area (Å²) in [4.78, 5) is 12.2. The van der Waals surface area contributed by atoms with Gasteiger partial charge in [0.2, 0.25) is 5.91 Å². The zero-order chi connectivity index (χ0) is 23.4. The van der Waals surface area contributed by atoms with Crippen LogP contribution in [0.3, 0.4) is 0 Å². The van der Waals surface area contributed by atoms with Gasteiger partial charge in [-0.2, -0.15) is 23.5 Å². The summed E-state index contributed by atoms with van der Waals surface area (Å²) in [6.45, 7) is 0. The van der Waals surface area contributed by atoms with E-state index >= 15 is 0 Å². The van der Waals surface area contributed by atoms with E-state index in [1.165, 1.54) is 23.1 Å². The summed E-state index contributed by atoms with van der Waals surface area (Å²) in [5, 5.41) is 15.7. The minimum Gasteiger partial charge on any atom is -0.336 e. The third-order valence-electron chi connectivity index (χ3n) is 6.27. The number of aryl methyl sites for hydroxylation is 1. The number of nitriles is 1. The van der Waals surface area contributed by atoms with Gasteiger partial charge in [0.05, 0.1) is 22.7 Å². The number of amides is 1. The lowest BCUT2D eigenvalue weighted by atomic mass is 10.1. The Labute approximate surface area is 183 Å². The van der Waals surface area contributed by atoms with Gasteiger partial charge in [0.1, 0.15) is 5.54 Å². The van der Waals surface area contributed by atoms with Crippen molar-refractivity contribution in [3.63, 3.8) is 0 Å². The highest BCUT2D eigenvalue weighted by molar-refractivity contribution is 7.93. The molecule has 2 saturated carbocycles. The molecule has 0 atom stereocenters. The number of nitrogens with zero attached hydrogens (tertiary/aromatic N) is 3. The number of benzene rings is 1. The molecule has 0 spiro atoms. The first kappa shape index (κ1) is 22.3. The predicted molar refractivity (Wildman–Crippen MR) is 108 cm³/mol. The summed E-state index contributed by atoms with van der Waals surface area (Å²) < 4.78 is 68.7. The molecule has 2 fully saturated rings. The van der Waals surface area contributed by atoms with Crippen molar-refractivity contribution < 1.29 is 26.4 Å². The van der Waals surface area contributed by atoms with Crippen LogP contribution in [0.2, 0.25) is 0 Å². The standard InChI is InChI=1S/C21H21F3N4O3S/c1-28-12-15(11-26-28)14-4-5-17(16(10-14)21(22,23)24)32(30,31)20(6-2-3-7-20)18(29)27-19(13-25)8-9-19/h4-5,10-12H,2-3,6-9H2,1H3,(H,27,29). The van der Waals surface area contributed by atoms with Crippen molar-refractivity contribution in [3.8, 4) is 17.2 Å². The number of sulfone groups is 1. The summed E-state index contributed by atoms with van der Waals surface area (Å²) in [6.07, 6.45) is -0.685. The number of rotatable bonds is 5. The van der Waals surface area contributed by atoms with E-state index in [2.05, 4.69) is 10.4 Å². The summed E-state index contributed by atoms with van der Waals surface area (Å²) in [7, 11) is -3.11. The van der Waals surface area contributed by atoms with Gasteiger partial charge in [-0.15, -0.1) is 0 Å². The summed E-state index contributed by atoms with van der Waals surface area (Å²) in [6, 6.07) is 4.95. The lowest BCUT2D eigenvalue weighted by molar-refractivity contribution is -0.140. The molecule has 0 aliphatic heterocycles. The molecule has 0 saturated heterocycles. The Kier molecular flexibility index (Phi) is 5.12. The Hall–Kier alpha value is -2.87. The monoisotopic (exact) mass is 466 g/mol. The third kappa shape index (κ3) is 3.56. The molecule has 0 unspecified atom stereocenters. The van der Waals surface area contributed by atoms with Crippen LogP contribution in [0.1, 0.15) is 44.1 Å². The molecule has 11 heteroatoms. The van der Waals surface area contributed by atoms with E-state index in [0.29, 0.717) is 31.2 Å². The second-order valence-electron chi connectivity index (χ2n) is 8.46. The van der Waals surface area contributed by atoms with Crippen LogP contribution in [0.15, 0.2) is 35.5 Å². The van der Waals surface area contributed by atoms with Crippen LogP contribution in [-0.2, 0) is 27.9 Å². The lowest BCUT2D eigenvalue weighted by Crippen LogP contribution is -2.54. The van der Waals surface area contributed by atoms with Crippen LogP contribution in [0.5, 0.6) is 0 Å². The first-order valence-electron chi connectivity index (χ1n) is 10.1. The third-order valence-corrected chi connectivity index (χ3v) is 8.83. The molecule has 1 aromatic heterocycles. The van der Waals surface area contributed by atoms with E-state index in [1.807, 2.05) is 6.07 Å². The van der Waals surface area contributed by atoms with Gasteiger partial charge in [-0.1, -0.05) is 18.9 Å². The van der Waals surface area contributed by atoms with Gasteiger partial charge in [0, 0.05) is 18.8 Å². The zero-order valence-electron chi connectivity index (χ0n) is 17.2. The second kappa shape index (κ2) is 7.33. The van der Waals surface area contributed by atoms with Crippen LogP contribution in [-0.4, -0.2) is 34.4 Å². The number of nitrogens with one attached hydrogen (secondary N) is 1. The Morgan fingerprint density at radius 3 is 2.34 bits per heavy atom. The number of hydrogen-bond donors (Lipinski definition) is 1. The maximum atomic E-state index is 14.0. The van der Waals surface area contributed by atoms with Crippen LogP contribution in [0.25, 0.3) is 11.1 Å². The Balaban J connectivity index is 1.83. The number of carbonyl (C=O) groups is 1. The number of carbonyl (C=O) groups excluding carboxylic acids is 1. The first-order valence-corrected chi connectivity index (χ1v) is 11.6. The quantitative estimate of drug-likeness (QED) is 0.728. The fraction of sp³-hybridized carbons (Fsp3) is 0.476. The van der Waals surface area contributed by atoms with Crippen LogP contribution < -0.4 is 5.32 Å². The van der Waals surface area contributed by atoms with Gasteiger partial charge >= 0.3 is 6.18 Å². The minimum absolute atomic E-state index is 0.0929. The van der Waals surface area contributed by atoms with E-state index in [0.717, 1.165) is 12.1 Å². The van der Waals surface area contributed by atoms with Crippen LogP contribution in [0.4, 0.5) is 13.2 Å². The van der Waals surface area contributed by atoms with E-state index in [9.17, 15) is 31.6 Å². The zero-order valence-corrected chi connectivity index (χ0v) is 18.1. The van der Waals surface area contributed by atoms with Gasteiger partial charge in [-0.3, -0.25) is 9.48 Å². The molecule has 2 aliphatic carbocycles. The molecule has 2 aliphatic rings. The van der Waals surface area contributed by atoms with Gasteiger partial charge in [0.25, 0.3) is 0 Å². The van der Waals surface area contributed by atoms with Gasteiger partial charge in [-0.05, 0) is 43.4 Å². The van der Waals surface area contributed by atoms with E-state index in [4.69, 9.17) is 0 Å². The molecule has 1 amide bonds. The molecule has 1 aromatic carbocycles. The molecular formula is C21H21F3N4O3S. The van der Waals surface area contributed by atoms with Crippen molar-refractivity contribution in [2.24, 2.45) is 7.05 Å². The molecule has 0 radical (unpaired) electrons. The minimum atomic E-state index is -4.96. The van der Waals surface area contributed by atoms with Crippen molar-refractivity contribution in [2.75, 3.05) is 0 Å². The number of aromatic nitrogens is 2. The largest absolute Gasteiger partial charge is 0.417 e. The molecule has 0 bridgehead atoms. The SMILES string of the molecule is Cn1cc(-c2ccc(S(=O)(=O)C3(C(=O)NC4(C#N)CC4)CCCC3)c(C(F)(F)F)c2)cn1. The second-order valence-corrected chi connectivity index (χ2v) is 10.7. The molecule has 1 heterocycles. The van der Waals surface area contributed by atoms with Crippen molar-refractivity contribution >= 4 is 15.7 Å².